The maximum absolute atomic E-state index is 13.3. The van der Waals surface area contributed by atoms with Crippen molar-refractivity contribution in [1.29, 1.82) is 0 Å². The summed E-state index contributed by atoms with van der Waals surface area (Å²) in [5.74, 6) is -1.21. The van der Waals surface area contributed by atoms with E-state index in [2.05, 4.69) is 5.32 Å². The second kappa shape index (κ2) is 6.35. The van der Waals surface area contributed by atoms with Crippen molar-refractivity contribution in [1.82, 2.24) is 10.6 Å². The van der Waals surface area contributed by atoms with E-state index in [1.54, 1.807) is 26.0 Å². The third-order valence-corrected chi connectivity index (χ3v) is 2.66. The maximum Gasteiger partial charge on any atom is 0.321 e. The second-order valence-corrected chi connectivity index (χ2v) is 4.15. The highest BCUT2D eigenvalue weighted by atomic mass is 35.5. The summed E-state index contributed by atoms with van der Waals surface area (Å²) in [5, 5.41) is 4.55. The molecule has 18 heavy (non-hydrogen) atoms. The van der Waals surface area contributed by atoms with Crippen LogP contribution in [0.2, 0.25) is 0 Å². The van der Waals surface area contributed by atoms with Crippen LogP contribution in [0.4, 0.5) is 9.18 Å². The molecule has 0 fully saturated rings. The number of halogens is 2. The van der Waals surface area contributed by atoms with Crippen LogP contribution in [0.1, 0.15) is 24.1 Å². The van der Waals surface area contributed by atoms with Gasteiger partial charge in [0.15, 0.2) is 0 Å². The molecule has 0 bridgehead atoms. The van der Waals surface area contributed by atoms with E-state index in [4.69, 9.17) is 11.6 Å². The first kappa shape index (κ1) is 14.4. The SMILES string of the molecule is Cc1ccc(C(C)NC(=O)NC(=O)CCl)cc1F. The summed E-state index contributed by atoms with van der Waals surface area (Å²) in [5.41, 5.74) is 1.15. The molecule has 0 radical (unpaired) electrons. The summed E-state index contributed by atoms with van der Waals surface area (Å²) in [6, 6.07) is 3.62. The molecule has 0 aliphatic rings. The van der Waals surface area contributed by atoms with Crippen molar-refractivity contribution in [3.63, 3.8) is 0 Å². The summed E-state index contributed by atoms with van der Waals surface area (Å²) >= 11 is 5.25. The predicted molar refractivity (Wildman–Crippen MR) is 66.9 cm³/mol. The number of benzene rings is 1. The number of amides is 3. The number of hydrogen-bond acceptors (Lipinski definition) is 2. The smallest absolute Gasteiger partial charge is 0.321 e. The zero-order valence-corrected chi connectivity index (χ0v) is 10.8. The molecule has 4 nitrogen and oxygen atoms in total. The lowest BCUT2D eigenvalue weighted by Crippen LogP contribution is -2.41. The van der Waals surface area contributed by atoms with Crippen LogP contribution in [-0.2, 0) is 4.79 Å². The number of carbonyl (C=O) groups is 2. The quantitative estimate of drug-likeness (QED) is 0.829. The Balaban J connectivity index is 2.64. The Labute approximate surface area is 110 Å². The van der Waals surface area contributed by atoms with Crippen LogP contribution in [0.3, 0.4) is 0 Å². The topological polar surface area (TPSA) is 58.2 Å². The van der Waals surface area contributed by atoms with Gasteiger partial charge in [0.1, 0.15) is 11.7 Å². The summed E-state index contributed by atoms with van der Waals surface area (Å²) < 4.78 is 13.3. The van der Waals surface area contributed by atoms with Gasteiger partial charge < -0.3 is 5.32 Å². The van der Waals surface area contributed by atoms with Crippen molar-refractivity contribution >= 4 is 23.5 Å². The van der Waals surface area contributed by atoms with E-state index in [1.807, 2.05) is 5.32 Å². The standard InChI is InChI=1S/C12H14ClFN2O2/c1-7-3-4-9(5-10(7)14)8(2)15-12(18)16-11(17)6-13/h3-5,8H,6H2,1-2H3,(H2,15,16,17,18). The van der Waals surface area contributed by atoms with Crippen molar-refractivity contribution in [3.8, 4) is 0 Å². The van der Waals surface area contributed by atoms with Crippen molar-refractivity contribution < 1.29 is 14.0 Å². The zero-order chi connectivity index (χ0) is 13.7. The molecular formula is C12H14ClFN2O2. The van der Waals surface area contributed by atoms with Gasteiger partial charge in [0.25, 0.3) is 0 Å². The fraction of sp³-hybridized carbons (Fsp3) is 0.333. The van der Waals surface area contributed by atoms with Gasteiger partial charge in [-0.1, -0.05) is 12.1 Å². The normalized spacial score (nSPS) is 11.8. The number of imide groups is 1. The first-order valence-electron chi connectivity index (χ1n) is 5.36. The van der Waals surface area contributed by atoms with E-state index < -0.39 is 18.0 Å². The number of nitrogens with one attached hydrogen (secondary N) is 2. The average Bonchev–Trinajstić information content (AvgIpc) is 2.32. The number of rotatable bonds is 3. The zero-order valence-electron chi connectivity index (χ0n) is 10.1. The van der Waals surface area contributed by atoms with E-state index in [9.17, 15) is 14.0 Å². The molecule has 0 aliphatic heterocycles. The van der Waals surface area contributed by atoms with E-state index >= 15 is 0 Å². The van der Waals surface area contributed by atoms with Crippen LogP contribution in [0.15, 0.2) is 18.2 Å². The van der Waals surface area contributed by atoms with Gasteiger partial charge in [-0.15, -0.1) is 11.6 Å². The van der Waals surface area contributed by atoms with Crippen LogP contribution in [0.25, 0.3) is 0 Å². The van der Waals surface area contributed by atoms with Crippen LogP contribution in [0, 0.1) is 12.7 Å². The molecule has 1 aromatic rings. The largest absolute Gasteiger partial charge is 0.331 e. The number of urea groups is 1. The fourth-order valence-corrected chi connectivity index (χ4v) is 1.42. The van der Waals surface area contributed by atoms with E-state index in [1.165, 1.54) is 6.07 Å². The molecule has 0 saturated heterocycles. The molecule has 0 saturated carbocycles. The summed E-state index contributed by atoms with van der Waals surface area (Å²) in [6.45, 7) is 3.35. The highest BCUT2D eigenvalue weighted by molar-refractivity contribution is 6.28. The van der Waals surface area contributed by atoms with Crippen LogP contribution >= 0.6 is 11.6 Å². The predicted octanol–water partition coefficient (Wildman–Crippen LogP) is 2.26. The highest BCUT2D eigenvalue weighted by Crippen LogP contribution is 2.15. The lowest BCUT2D eigenvalue weighted by Gasteiger charge is -2.14. The minimum absolute atomic E-state index is 0.291. The number of aryl methyl sites for hydroxylation is 1. The molecule has 0 aliphatic carbocycles. The summed E-state index contributed by atoms with van der Waals surface area (Å²) in [6.07, 6.45) is 0. The van der Waals surface area contributed by atoms with Gasteiger partial charge in [0.2, 0.25) is 5.91 Å². The molecule has 2 N–H and O–H groups in total. The van der Waals surface area contributed by atoms with Crippen molar-refractivity contribution in [2.75, 3.05) is 5.88 Å². The van der Waals surface area contributed by atoms with E-state index in [0.717, 1.165) is 0 Å². The van der Waals surface area contributed by atoms with Gasteiger partial charge in [0, 0.05) is 0 Å². The number of carbonyl (C=O) groups excluding carboxylic acids is 2. The Hall–Kier alpha value is -1.62. The molecule has 1 unspecified atom stereocenters. The minimum atomic E-state index is -0.658. The fourth-order valence-electron chi connectivity index (χ4n) is 1.35. The van der Waals surface area contributed by atoms with Crippen molar-refractivity contribution in [2.24, 2.45) is 0 Å². The number of hydrogen-bond donors (Lipinski definition) is 2. The Morgan fingerprint density at radius 2 is 2.11 bits per heavy atom. The van der Waals surface area contributed by atoms with Gasteiger partial charge in [0.05, 0.1) is 6.04 Å². The van der Waals surface area contributed by atoms with E-state index in [0.29, 0.717) is 11.1 Å². The lowest BCUT2D eigenvalue weighted by atomic mass is 10.1. The molecular weight excluding hydrogens is 259 g/mol. The maximum atomic E-state index is 13.3. The molecule has 1 aromatic carbocycles. The minimum Gasteiger partial charge on any atom is -0.331 e. The van der Waals surface area contributed by atoms with Gasteiger partial charge >= 0.3 is 6.03 Å². The van der Waals surface area contributed by atoms with E-state index in [-0.39, 0.29) is 11.7 Å². The Kier molecular flexibility index (Phi) is 5.09. The third kappa shape index (κ3) is 4.00. The van der Waals surface area contributed by atoms with Crippen molar-refractivity contribution in [3.05, 3.63) is 35.1 Å². The third-order valence-electron chi connectivity index (χ3n) is 2.42. The molecule has 98 valence electrons. The molecule has 3 amide bonds. The number of alkyl halides is 1. The summed E-state index contributed by atoms with van der Waals surface area (Å²) in [7, 11) is 0. The molecule has 0 spiro atoms. The Morgan fingerprint density at radius 3 is 2.67 bits per heavy atom. The Bertz CT molecular complexity index is 465. The molecule has 1 rings (SSSR count). The Morgan fingerprint density at radius 1 is 1.44 bits per heavy atom. The van der Waals surface area contributed by atoms with Crippen LogP contribution in [0.5, 0.6) is 0 Å². The van der Waals surface area contributed by atoms with Crippen LogP contribution < -0.4 is 10.6 Å². The molecule has 0 aromatic heterocycles. The molecule has 0 heterocycles. The van der Waals surface area contributed by atoms with Gasteiger partial charge in [-0.2, -0.15) is 0 Å². The first-order chi connectivity index (χ1) is 8.43. The highest BCUT2D eigenvalue weighted by Gasteiger charge is 2.12. The lowest BCUT2D eigenvalue weighted by molar-refractivity contribution is -0.117. The van der Waals surface area contributed by atoms with Gasteiger partial charge in [-0.05, 0) is 31.0 Å². The van der Waals surface area contributed by atoms with Gasteiger partial charge in [-0.25, -0.2) is 9.18 Å². The molecule has 6 heteroatoms. The summed E-state index contributed by atoms with van der Waals surface area (Å²) in [4.78, 5) is 22.2. The van der Waals surface area contributed by atoms with Gasteiger partial charge in [-0.3, -0.25) is 10.1 Å². The average molecular weight is 273 g/mol. The second-order valence-electron chi connectivity index (χ2n) is 3.89. The van der Waals surface area contributed by atoms with Crippen molar-refractivity contribution in [2.45, 2.75) is 19.9 Å². The molecule has 1 atom stereocenters. The first-order valence-corrected chi connectivity index (χ1v) is 5.90. The van der Waals surface area contributed by atoms with Crippen LogP contribution in [-0.4, -0.2) is 17.8 Å². The monoisotopic (exact) mass is 272 g/mol.